The van der Waals surface area contributed by atoms with Crippen LogP contribution in [0.3, 0.4) is 0 Å². The normalized spacial score (nSPS) is 14.1. The summed E-state index contributed by atoms with van der Waals surface area (Å²) >= 11 is 12.2. The van der Waals surface area contributed by atoms with Crippen molar-refractivity contribution < 1.29 is 9.53 Å². The number of urea groups is 1. The van der Waals surface area contributed by atoms with Crippen LogP contribution in [0, 0.1) is 0 Å². The summed E-state index contributed by atoms with van der Waals surface area (Å²) in [6.45, 7) is 2.88. The lowest BCUT2D eigenvalue weighted by Crippen LogP contribution is -2.32. The second kappa shape index (κ2) is 9.81. The van der Waals surface area contributed by atoms with Gasteiger partial charge in [-0.15, -0.1) is 0 Å². The third-order valence-corrected chi connectivity index (χ3v) is 5.15. The van der Waals surface area contributed by atoms with E-state index in [1.54, 1.807) is 30.6 Å². The van der Waals surface area contributed by atoms with E-state index in [2.05, 4.69) is 4.98 Å². The lowest BCUT2D eigenvalue weighted by Gasteiger charge is -2.18. The van der Waals surface area contributed by atoms with Gasteiger partial charge in [0.1, 0.15) is 0 Å². The minimum absolute atomic E-state index is 0.0814. The number of halogens is 2. The number of anilines is 1. The minimum Gasteiger partial charge on any atom is -0.490 e. The molecule has 2 aromatic rings. The molecule has 144 valence electrons. The Morgan fingerprint density at radius 1 is 0.963 bits per heavy atom. The molecule has 7 heteroatoms. The highest BCUT2D eigenvalue weighted by Gasteiger charge is 2.28. The van der Waals surface area contributed by atoms with Crippen LogP contribution in [0.15, 0.2) is 42.7 Å². The summed E-state index contributed by atoms with van der Waals surface area (Å²) in [5, 5.41) is 1.07. The summed E-state index contributed by atoms with van der Waals surface area (Å²) in [5.74, 6) is 0.555. The quantitative estimate of drug-likeness (QED) is 0.531. The Bertz CT molecular complexity index is 738. The van der Waals surface area contributed by atoms with Gasteiger partial charge in [0.25, 0.3) is 0 Å². The lowest BCUT2D eigenvalue weighted by molar-refractivity contribution is 0.219. The van der Waals surface area contributed by atoms with E-state index in [1.807, 2.05) is 21.9 Å². The Hall–Kier alpha value is -1.98. The number of rotatable bonds is 9. The molecule has 0 spiro atoms. The molecule has 2 heterocycles. The Morgan fingerprint density at radius 3 is 2.41 bits per heavy atom. The van der Waals surface area contributed by atoms with Crippen molar-refractivity contribution in [2.75, 3.05) is 31.1 Å². The fourth-order valence-corrected chi connectivity index (χ4v) is 3.61. The summed E-state index contributed by atoms with van der Waals surface area (Å²) in [6.07, 6.45) is 7.44. The number of benzene rings is 1. The summed E-state index contributed by atoms with van der Waals surface area (Å²) < 4.78 is 5.69. The molecule has 2 amide bonds. The highest BCUT2D eigenvalue weighted by Crippen LogP contribution is 2.32. The van der Waals surface area contributed by atoms with Gasteiger partial charge in [-0.2, -0.15) is 0 Å². The predicted molar refractivity (Wildman–Crippen MR) is 109 cm³/mol. The Kier molecular flexibility index (Phi) is 7.18. The molecule has 0 unspecified atom stereocenters. The topological polar surface area (TPSA) is 45.7 Å². The summed E-state index contributed by atoms with van der Waals surface area (Å²) in [4.78, 5) is 20.2. The van der Waals surface area contributed by atoms with Crippen molar-refractivity contribution >= 4 is 34.9 Å². The van der Waals surface area contributed by atoms with E-state index >= 15 is 0 Å². The highest BCUT2D eigenvalue weighted by atomic mass is 35.5. The number of carbonyl (C=O) groups is 1. The maximum absolute atomic E-state index is 12.5. The molecule has 0 N–H and O–H groups in total. The van der Waals surface area contributed by atoms with E-state index in [9.17, 15) is 4.79 Å². The van der Waals surface area contributed by atoms with E-state index in [0.29, 0.717) is 22.4 Å². The molecular formula is C20H23Cl2N3O2. The van der Waals surface area contributed by atoms with Crippen LogP contribution < -0.4 is 9.64 Å². The molecule has 1 aromatic carbocycles. The first kappa shape index (κ1) is 19.8. The molecule has 0 radical (unpaired) electrons. The SMILES string of the molecule is O=C1N(CCCCCCOc2c(Cl)cccc2Cl)CCN1c1ccncc1. The Morgan fingerprint density at radius 2 is 1.67 bits per heavy atom. The summed E-state index contributed by atoms with van der Waals surface area (Å²) in [6, 6.07) is 9.15. The van der Waals surface area contributed by atoms with Gasteiger partial charge in [-0.25, -0.2) is 4.79 Å². The fourth-order valence-electron chi connectivity index (χ4n) is 3.11. The van der Waals surface area contributed by atoms with Crippen LogP contribution in [-0.2, 0) is 0 Å². The van der Waals surface area contributed by atoms with Gasteiger partial charge in [-0.1, -0.05) is 42.1 Å². The molecule has 5 nitrogen and oxygen atoms in total. The van der Waals surface area contributed by atoms with Gasteiger partial charge in [0.2, 0.25) is 0 Å². The van der Waals surface area contributed by atoms with Crippen molar-refractivity contribution in [1.82, 2.24) is 9.88 Å². The lowest BCUT2D eigenvalue weighted by atomic mass is 10.2. The first-order valence-electron chi connectivity index (χ1n) is 9.20. The Labute approximate surface area is 169 Å². The van der Waals surface area contributed by atoms with Crippen molar-refractivity contribution in [3.63, 3.8) is 0 Å². The third kappa shape index (κ3) is 5.27. The molecular weight excluding hydrogens is 385 g/mol. The van der Waals surface area contributed by atoms with Gasteiger partial charge in [-0.3, -0.25) is 9.88 Å². The van der Waals surface area contributed by atoms with Gasteiger partial charge >= 0.3 is 6.03 Å². The van der Waals surface area contributed by atoms with Gasteiger partial charge in [0, 0.05) is 37.7 Å². The molecule has 27 heavy (non-hydrogen) atoms. The number of unbranched alkanes of at least 4 members (excludes halogenated alkanes) is 3. The van der Waals surface area contributed by atoms with Crippen molar-refractivity contribution in [1.29, 1.82) is 0 Å². The molecule has 3 rings (SSSR count). The molecule has 0 bridgehead atoms. The zero-order valence-electron chi connectivity index (χ0n) is 15.1. The number of nitrogens with zero attached hydrogens (tertiary/aromatic N) is 3. The number of para-hydroxylation sites is 1. The fraction of sp³-hybridized carbons (Fsp3) is 0.400. The molecule has 1 aliphatic rings. The number of pyridine rings is 1. The molecule has 0 saturated carbocycles. The Balaban J connectivity index is 1.31. The number of carbonyl (C=O) groups excluding carboxylic acids is 1. The van der Waals surface area contributed by atoms with Crippen LogP contribution in [0.2, 0.25) is 10.0 Å². The maximum Gasteiger partial charge on any atom is 0.324 e. The standard InChI is InChI=1S/C20H23Cl2N3O2/c21-17-6-5-7-18(22)19(17)27-15-4-2-1-3-12-24-13-14-25(20(24)26)16-8-10-23-11-9-16/h5-11H,1-4,12-15H2. The smallest absolute Gasteiger partial charge is 0.324 e. The van der Waals surface area contributed by atoms with Crippen LogP contribution >= 0.6 is 23.2 Å². The van der Waals surface area contributed by atoms with Gasteiger partial charge in [0.05, 0.1) is 16.7 Å². The van der Waals surface area contributed by atoms with Crippen molar-refractivity contribution in [2.24, 2.45) is 0 Å². The first-order chi connectivity index (χ1) is 13.2. The number of aromatic nitrogens is 1. The van der Waals surface area contributed by atoms with Gasteiger partial charge in [-0.05, 0) is 37.1 Å². The number of hydrogen-bond acceptors (Lipinski definition) is 3. The van der Waals surface area contributed by atoms with Gasteiger partial charge < -0.3 is 9.64 Å². The molecule has 0 atom stereocenters. The van der Waals surface area contributed by atoms with Crippen molar-refractivity contribution in [3.8, 4) is 5.75 Å². The average molecular weight is 408 g/mol. The second-order valence-corrected chi connectivity index (χ2v) is 7.25. The maximum atomic E-state index is 12.5. The largest absolute Gasteiger partial charge is 0.490 e. The molecule has 1 saturated heterocycles. The average Bonchev–Trinajstić information content (AvgIpc) is 3.04. The van der Waals surface area contributed by atoms with Gasteiger partial charge in [0.15, 0.2) is 5.75 Å². The van der Waals surface area contributed by atoms with Crippen molar-refractivity contribution in [3.05, 3.63) is 52.8 Å². The van der Waals surface area contributed by atoms with E-state index in [4.69, 9.17) is 27.9 Å². The molecule has 1 aromatic heterocycles. The number of ether oxygens (including phenoxy) is 1. The monoisotopic (exact) mass is 407 g/mol. The number of amides is 2. The van der Waals surface area contributed by atoms with E-state index in [1.165, 1.54) is 0 Å². The zero-order chi connectivity index (χ0) is 19.1. The van der Waals surface area contributed by atoms with Crippen molar-refractivity contribution in [2.45, 2.75) is 25.7 Å². The van der Waals surface area contributed by atoms with E-state index < -0.39 is 0 Å². The van der Waals surface area contributed by atoms with Crippen LogP contribution in [0.5, 0.6) is 5.75 Å². The molecule has 1 aliphatic heterocycles. The molecule has 0 aliphatic carbocycles. The van der Waals surface area contributed by atoms with Crippen LogP contribution in [-0.4, -0.2) is 42.2 Å². The predicted octanol–water partition coefficient (Wildman–Crippen LogP) is 5.27. The van der Waals surface area contributed by atoms with E-state index in [0.717, 1.165) is 51.0 Å². The first-order valence-corrected chi connectivity index (χ1v) is 9.95. The minimum atomic E-state index is 0.0814. The highest BCUT2D eigenvalue weighted by molar-refractivity contribution is 6.37. The second-order valence-electron chi connectivity index (χ2n) is 6.44. The molecule has 1 fully saturated rings. The zero-order valence-corrected chi connectivity index (χ0v) is 16.6. The van der Waals surface area contributed by atoms with Crippen LogP contribution in [0.25, 0.3) is 0 Å². The van der Waals surface area contributed by atoms with Crippen LogP contribution in [0.1, 0.15) is 25.7 Å². The van der Waals surface area contributed by atoms with E-state index in [-0.39, 0.29) is 6.03 Å². The number of hydrogen-bond donors (Lipinski definition) is 0. The summed E-state index contributed by atoms with van der Waals surface area (Å²) in [5.41, 5.74) is 0.910. The third-order valence-electron chi connectivity index (χ3n) is 4.56. The summed E-state index contributed by atoms with van der Waals surface area (Å²) in [7, 11) is 0. The van der Waals surface area contributed by atoms with Crippen LogP contribution in [0.4, 0.5) is 10.5 Å².